The maximum atomic E-state index is 16.2. The van der Waals surface area contributed by atoms with Gasteiger partial charge in [0.15, 0.2) is 5.82 Å². The fraction of sp³-hybridized carbons (Fsp3) is 0.342. The van der Waals surface area contributed by atoms with E-state index in [2.05, 4.69) is 30.8 Å². The van der Waals surface area contributed by atoms with Gasteiger partial charge in [0.25, 0.3) is 24.3 Å². The summed E-state index contributed by atoms with van der Waals surface area (Å²) in [6.45, 7) is -1.18. The average Bonchev–Trinajstić information content (AvgIpc) is 4.08. The van der Waals surface area contributed by atoms with Crippen LogP contribution in [0.2, 0.25) is 5.02 Å². The minimum Gasteiger partial charge on any atom is -0.368 e. The van der Waals surface area contributed by atoms with Crippen LogP contribution in [-0.4, -0.2) is 55.1 Å². The first kappa shape index (κ1) is 41.3. The van der Waals surface area contributed by atoms with Crippen LogP contribution in [0.5, 0.6) is 0 Å². The summed E-state index contributed by atoms with van der Waals surface area (Å²) in [5.74, 6) is -12.8. The molecule has 0 radical (unpaired) electrons. The zero-order chi connectivity index (χ0) is 43.6. The molecule has 2 fully saturated rings. The van der Waals surface area contributed by atoms with Gasteiger partial charge in [0.2, 0.25) is 15.9 Å². The van der Waals surface area contributed by atoms with Gasteiger partial charge in [0.1, 0.15) is 41.4 Å². The predicted molar refractivity (Wildman–Crippen MR) is 208 cm³/mol. The Hall–Kier alpha value is -5.09. The highest BCUT2D eigenvalue weighted by Gasteiger charge is 2.68. The summed E-state index contributed by atoms with van der Waals surface area (Å²) in [6.07, 6.45) is -6.79. The van der Waals surface area contributed by atoms with Crippen LogP contribution in [-0.2, 0) is 33.7 Å². The number of benzene rings is 3. The number of halogens is 10. The van der Waals surface area contributed by atoms with Gasteiger partial charge in [-0.05, 0) is 79.6 Å². The summed E-state index contributed by atoms with van der Waals surface area (Å²) in [4.78, 5) is 33.6. The van der Waals surface area contributed by atoms with Crippen LogP contribution in [0.1, 0.15) is 71.9 Å². The first-order valence-corrected chi connectivity index (χ1v) is 21.2. The zero-order valence-corrected chi connectivity index (χ0v) is 33.9. The van der Waals surface area contributed by atoms with E-state index in [4.69, 9.17) is 22.3 Å². The number of carbonyl (C=O) groups is 1. The maximum Gasteiger partial charge on any atom is 0.293 e. The van der Waals surface area contributed by atoms with E-state index < -0.39 is 123 Å². The number of anilines is 1. The molecule has 2 saturated carbocycles. The lowest BCUT2D eigenvalue weighted by atomic mass is 9.89. The van der Waals surface area contributed by atoms with Crippen LogP contribution in [0.15, 0.2) is 57.8 Å². The maximum absolute atomic E-state index is 16.2. The van der Waals surface area contributed by atoms with Crippen molar-refractivity contribution in [1.29, 1.82) is 0 Å². The molecule has 23 heteroatoms. The number of carbonyl (C=O) groups excluding carboxylic acids is 1. The molecular formula is C38H28BrClF8N8O4S. The number of alkyl halides is 6. The number of fused-ring (bicyclic) bond motifs is 5. The SMILES string of the molecule is NC(=O)C([C@H](Cc1cc(F)cc(F)c1)c1nc2cc(Br)ccc2c(=O)n1-c1ccc(Cl)c2c(NS(=O)(=O)C3CC3)nn(CC(F)F)c12)n1nc(C(F)F)c2c1C(F)(F)[C@@H]1C[C@H]21. The van der Waals surface area contributed by atoms with E-state index >= 15 is 8.78 Å². The first-order chi connectivity index (χ1) is 28.8. The molecule has 0 bridgehead atoms. The quantitative estimate of drug-likeness (QED) is 0.111. The minimum absolute atomic E-state index is 0.0982. The summed E-state index contributed by atoms with van der Waals surface area (Å²) < 4.78 is 151. The van der Waals surface area contributed by atoms with Crippen LogP contribution in [0.4, 0.5) is 40.9 Å². The van der Waals surface area contributed by atoms with Crippen LogP contribution in [0.3, 0.4) is 0 Å². The van der Waals surface area contributed by atoms with Gasteiger partial charge in [-0.2, -0.15) is 19.0 Å². The Morgan fingerprint density at radius 1 is 1.03 bits per heavy atom. The normalized spacial score (nSPS) is 19.1. The van der Waals surface area contributed by atoms with E-state index in [1.165, 1.54) is 30.3 Å². The summed E-state index contributed by atoms with van der Waals surface area (Å²) in [7, 11) is -4.11. The molecule has 3 aromatic heterocycles. The number of aromatic nitrogens is 6. The first-order valence-electron chi connectivity index (χ1n) is 18.5. The second kappa shape index (κ2) is 14.5. The van der Waals surface area contributed by atoms with Crippen molar-refractivity contribution in [3.8, 4) is 5.69 Å². The van der Waals surface area contributed by atoms with Gasteiger partial charge >= 0.3 is 0 Å². The third-order valence-electron chi connectivity index (χ3n) is 11.2. The van der Waals surface area contributed by atoms with Gasteiger partial charge in [-0.1, -0.05) is 27.5 Å². The number of primary amides is 1. The highest BCUT2D eigenvalue weighted by Crippen LogP contribution is 2.68. The molecule has 0 spiro atoms. The van der Waals surface area contributed by atoms with E-state index in [0.29, 0.717) is 32.7 Å². The van der Waals surface area contributed by atoms with Crippen molar-refractivity contribution in [2.24, 2.45) is 11.7 Å². The number of amides is 1. The molecular weight excluding hydrogens is 932 g/mol. The molecule has 3 aromatic carbocycles. The van der Waals surface area contributed by atoms with Crippen molar-refractivity contribution in [1.82, 2.24) is 29.1 Å². The molecule has 3 aliphatic carbocycles. The smallest absolute Gasteiger partial charge is 0.293 e. The lowest BCUT2D eigenvalue weighted by molar-refractivity contribution is -0.122. The molecule has 61 heavy (non-hydrogen) atoms. The molecule has 4 atom stereocenters. The van der Waals surface area contributed by atoms with E-state index in [0.717, 1.165) is 16.7 Å². The van der Waals surface area contributed by atoms with Crippen molar-refractivity contribution >= 4 is 71.1 Å². The van der Waals surface area contributed by atoms with Crippen molar-refractivity contribution in [3.63, 3.8) is 0 Å². The van der Waals surface area contributed by atoms with Crippen LogP contribution >= 0.6 is 27.5 Å². The van der Waals surface area contributed by atoms with Crippen molar-refractivity contribution < 1.29 is 48.3 Å². The average molecular weight is 960 g/mol. The predicted octanol–water partition coefficient (Wildman–Crippen LogP) is 7.99. The molecule has 320 valence electrons. The highest BCUT2D eigenvalue weighted by molar-refractivity contribution is 9.10. The van der Waals surface area contributed by atoms with Gasteiger partial charge in [0, 0.05) is 22.0 Å². The molecule has 3 aliphatic rings. The van der Waals surface area contributed by atoms with Crippen molar-refractivity contribution in [3.05, 3.63) is 108 Å². The monoisotopic (exact) mass is 958 g/mol. The number of nitrogens with zero attached hydrogens (tertiary/aromatic N) is 6. The zero-order valence-electron chi connectivity index (χ0n) is 30.8. The fourth-order valence-electron chi connectivity index (χ4n) is 8.46. The van der Waals surface area contributed by atoms with Crippen molar-refractivity contribution in [2.75, 3.05) is 4.72 Å². The second-order valence-electron chi connectivity index (χ2n) is 15.2. The number of rotatable bonds is 13. The van der Waals surface area contributed by atoms with E-state index in [-0.39, 0.29) is 44.5 Å². The highest BCUT2D eigenvalue weighted by atomic mass is 79.9. The summed E-state index contributed by atoms with van der Waals surface area (Å²) in [5.41, 5.74) is 1.42. The molecule has 3 N–H and O–H groups in total. The molecule has 9 rings (SSSR count). The molecule has 6 aromatic rings. The molecule has 1 amide bonds. The summed E-state index contributed by atoms with van der Waals surface area (Å²) in [6, 6.07) is 6.49. The Balaban J connectivity index is 1.38. The van der Waals surface area contributed by atoms with Gasteiger partial charge in [-0.25, -0.2) is 44.4 Å². The Morgan fingerprint density at radius 3 is 2.38 bits per heavy atom. The van der Waals surface area contributed by atoms with E-state index in [1.54, 1.807) is 0 Å². The van der Waals surface area contributed by atoms with Gasteiger partial charge in [-0.3, -0.25) is 23.6 Å². The van der Waals surface area contributed by atoms with Crippen LogP contribution < -0.4 is 16.0 Å². The van der Waals surface area contributed by atoms with Crippen LogP contribution in [0, 0.1) is 17.6 Å². The number of nitrogens with one attached hydrogen (secondary N) is 1. The summed E-state index contributed by atoms with van der Waals surface area (Å²) in [5, 5.41) is 6.57. The third kappa shape index (κ3) is 6.93. The number of hydrogen-bond donors (Lipinski definition) is 2. The van der Waals surface area contributed by atoms with Gasteiger partial charge in [-0.15, -0.1) is 0 Å². The molecule has 12 nitrogen and oxygen atoms in total. The number of sulfonamides is 1. The third-order valence-corrected chi connectivity index (χ3v) is 13.8. The lowest BCUT2D eigenvalue weighted by Crippen LogP contribution is -2.39. The van der Waals surface area contributed by atoms with E-state index in [1.807, 2.05) is 0 Å². The van der Waals surface area contributed by atoms with E-state index in [9.17, 15) is 44.3 Å². The second-order valence-corrected chi connectivity index (χ2v) is 18.5. The minimum atomic E-state index is -4.11. The standard InChI is InChI=1S/C38H28BrClF8N8O4S/c39-15-1-4-19-24(10-15)50-36(55(37(19)58)25-6-5-23(40)28-31(25)54(13-26(43)44)52-35(28)53-61(59,60)18-2-3-18)21(9-14-7-16(41)11-17(42)8-14)30(34(49)57)56-32-27(29(51-56)33(45)46)20-12-22(20)38(32,47)48/h1,4-8,10-11,18,20-22,26,30,33H,2-3,9,12-13H2,(H2,49,57)(H,52,53)/t20-,21-,22+,30?/m0/s1. The largest absolute Gasteiger partial charge is 0.368 e. The Labute approximate surface area is 351 Å². The van der Waals surface area contributed by atoms with Crippen molar-refractivity contribution in [2.45, 2.75) is 74.1 Å². The topological polar surface area (TPSA) is 160 Å². The summed E-state index contributed by atoms with van der Waals surface area (Å²) >= 11 is 9.92. The molecule has 0 saturated heterocycles. The van der Waals surface area contributed by atoms with Gasteiger partial charge < -0.3 is 5.73 Å². The van der Waals surface area contributed by atoms with Gasteiger partial charge in [0.05, 0.1) is 43.7 Å². The number of hydrogen-bond acceptors (Lipinski definition) is 7. The Kier molecular flexibility index (Phi) is 9.81. The lowest BCUT2D eigenvalue weighted by Gasteiger charge is -2.30. The Bertz CT molecular complexity index is 2990. The molecule has 3 heterocycles. The van der Waals surface area contributed by atoms with Crippen LogP contribution in [0.25, 0.3) is 27.5 Å². The molecule has 1 unspecified atom stereocenters. The fourth-order valence-corrected chi connectivity index (χ4v) is 10.4. The number of nitrogens with two attached hydrogens (primary N) is 1. The molecule has 0 aliphatic heterocycles. The Morgan fingerprint density at radius 2 is 1.74 bits per heavy atom.